The molecule has 16 heavy (non-hydrogen) atoms. The molecule has 0 aliphatic rings. The number of ether oxygens (including phenoxy) is 1. The molecule has 0 unspecified atom stereocenters. The van der Waals surface area contributed by atoms with Gasteiger partial charge < -0.3 is 9.84 Å². The monoisotopic (exact) mass is 228 g/mol. The molecule has 0 heterocycles. The van der Waals surface area contributed by atoms with Crippen molar-refractivity contribution in [3.05, 3.63) is 12.3 Å². The van der Waals surface area contributed by atoms with Gasteiger partial charge in [-0.1, -0.05) is 51.9 Å². The number of carbonyl (C=O) groups excluding carboxylic acids is 1. The molecule has 0 aromatic carbocycles. The van der Waals surface area contributed by atoms with Gasteiger partial charge in [0, 0.05) is 0 Å². The highest BCUT2D eigenvalue weighted by Crippen LogP contribution is 2.08. The summed E-state index contributed by atoms with van der Waals surface area (Å²) >= 11 is 0. The zero-order valence-electron chi connectivity index (χ0n) is 10.3. The lowest BCUT2D eigenvalue weighted by molar-refractivity contribution is -0.142. The van der Waals surface area contributed by atoms with Crippen molar-refractivity contribution >= 4 is 5.97 Å². The predicted molar refractivity (Wildman–Crippen MR) is 65.3 cm³/mol. The average Bonchev–Trinajstić information content (AvgIpc) is 2.26. The SMILES string of the molecule is C=C(O)C(=O)OCCCCCCCCCC. The Labute approximate surface area is 98.5 Å². The molecule has 0 radical (unpaired) electrons. The fourth-order valence-corrected chi connectivity index (χ4v) is 1.48. The number of hydrogen-bond donors (Lipinski definition) is 1. The Balaban J connectivity index is 3.10. The molecule has 0 saturated heterocycles. The van der Waals surface area contributed by atoms with E-state index >= 15 is 0 Å². The van der Waals surface area contributed by atoms with Crippen LogP contribution in [0.25, 0.3) is 0 Å². The van der Waals surface area contributed by atoms with Gasteiger partial charge in [-0.15, -0.1) is 0 Å². The molecule has 0 aromatic heterocycles. The molecule has 0 rings (SSSR count). The molecule has 94 valence electrons. The molecule has 0 amide bonds. The maximum atomic E-state index is 10.8. The van der Waals surface area contributed by atoms with E-state index in [0.717, 1.165) is 12.8 Å². The zero-order valence-corrected chi connectivity index (χ0v) is 10.3. The minimum Gasteiger partial charge on any atom is -0.502 e. The fourth-order valence-electron chi connectivity index (χ4n) is 1.48. The second-order valence-corrected chi connectivity index (χ2v) is 4.06. The van der Waals surface area contributed by atoms with Crippen LogP contribution in [0.4, 0.5) is 0 Å². The summed E-state index contributed by atoms with van der Waals surface area (Å²) in [4.78, 5) is 10.8. The van der Waals surface area contributed by atoms with Crippen molar-refractivity contribution < 1.29 is 14.6 Å². The van der Waals surface area contributed by atoms with Crippen LogP contribution in [0.2, 0.25) is 0 Å². The van der Waals surface area contributed by atoms with Crippen molar-refractivity contribution in [3.8, 4) is 0 Å². The van der Waals surface area contributed by atoms with Crippen LogP contribution < -0.4 is 0 Å². The van der Waals surface area contributed by atoms with Gasteiger partial charge in [0.15, 0.2) is 5.76 Å². The predicted octanol–water partition coefficient (Wildman–Crippen LogP) is 3.74. The summed E-state index contributed by atoms with van der Waals surface area (Å²) in [5.74, 6) is -1.22. The van der Waals surface area contributed by atoms with Crippen LogP contribution in [-0.4, -0.2) is 17.7 Å². The third-order valence-corrected chi connectivity index (χ3v) is 2.47. The Morgan fingerprint density at radius 1 is 1.06 bits per heavy atom. The van der Waals surface area contributed by atoms with Crippen molar-refractivity contribution in [3.63, 3.8) is 0 Å². The summed E-state index contributed by atoms with van der Waals surface area (Å²) in [7, 11) is 0. The van der Waals surface area contributed by atoms with Crippen LogP contribution in [0.3, 0.4) is 0 Å². The van der Waals surface area contributed by atoms with Crippen LogP contribution in [0.1, 0.15) is 58.3 Å². The fraction of sp³-hybridized carbons (Fsp3) is 0.769. The summed E-state index contributed by atoms with van der Waals surface area (Å²) in [6.45, 7) is 5.69. The number of hydrogen-bond acceptors (Lipinski definition) is 3. The minimum atomic E-state index is -0.706. The van der Waals surface area contributed by atoms with Crippen LogP contribution >= 0.6 is 0 Å². The first kappa shape index (κ1) is 15.0. The van der Waals surface area contributed by atoms with E-state index in [9.17, 15) is 4.79 Å². The number of carbonyl (C=O) groups is 1. The molecule has 0 spiro atoms. The molecule has 0 aromatic rings. The van der Waals surface area contributed by atoms with Crippen LogP contribution in [0, 0.1) is 0 Å². The van der Waals surface area contributed by atoms with Gasteiger partial charge in [-0.3, -0.25) is 0 Å². The van der Waals surface area contributed by atoms with Gasteiger partial charge in [0.05, 0.1) is 6.61 Å². The zero-order chi connectivity index (χ0) is 12.2. The van der Waals surface area contributed by atoms with Crippen molar-refractivity contribution in [2.24, 2.45) is 0 Å². The number of aliphatic hydroxyl groups excluding tert-OH is 1. The average molecular weight is 228 g/mol. The van der Waals surface area contributed by atoms with Crippen LogP contribution in [-0.2, 0) is 9.53 Å². The molecule has 0 saturated carbocycles. The lowest BCUT2D eigenvalue weighted by Crippen LogP contribution is -2.07. The van der Waals surface area contributed by atoms with E-state index < -0.39 is 11.7 Å². The Kier molecular flexibility index (Phi) is 9.87. The molecule has 0 fully saturated rings. The van der Waals surface area contributed by atoms with Gasteiger partial charge in [-0.05, 0) is 13.0 Å². The second-order valence-electron chi connectivity index (χ2n) is 4.06. The second kappa shape index (κ2) is 10.5. The van der Waals surface area contributed by atoms with E-state index in [2.05, 4.69) is 13.5 Å². The van der Waals surface area contributed by atoms with Crippen LogP contribution in [0.15, 0.2) is 12.3 Å². The van der Waals surface area contributed by atoms with Gasteiger partial charge in [-0.25, -0.2) is 4.79 Å². The van der Waals surface area contributed by atoms with Gasteiger partial charge in [-0.2, -0.15) is 0 Å². The van der Waals surface area contributed by atoms with E-state index in [1.54, 1.807) is 0 Å². The Bertz CT molecular complexity index is 199. The topological polar surface area (TPSA) is 46.5 Å². The number of unbranched alkanes of at least 4 members (excludes halogenated alkanes) is 7. The first-order chi connectivity index (χ1) is 7.68. The third kappa shape index (κ3) is 9.56. The largest absolute Gasteiger partial charge is 0.502 e. The van der Waals surface area contributed by atoms with Gasteiger partial charge in [0.2, 0.25) is 0 Å². The Morgan fingerprint density at radius 2 is 1.56 bits per heavy atom. The normalized spacial score (nSPS) is 10.1. The lowest BCUT2D eigenvalue weighted by Gasteiger charge is -2.03. The molecular formula is C13H24O3. The summed E-state index contributed by atoms with van der Waals surface area (Å²) in [6, 6.07) is 0. The maximum Gasteiger partial charge on any atom is 0.372 e. The van der Waals surface area contributed by atoms with Gasteiger partial charge >= 0.3 is 5.97 Å². The highest BCUT2D eigenvalue weighted by Gasteiger charge is 2.04. The maximum absolute atomic E-state index is 10.8. The molecule has 0 bridgehead atoms. The number of aliphatic hydroxyl groups is 1. The first-order valence-electron chi connectivity index (χ1n) is 6.23. The van der Waals surface area contributed by atoms with Crippen molar-refractivity contribution in [1.82, 2.24) is 0 Å². The molecule has 0 atom stereocenters. The van der Waals surface area contributed by atoms with E-state index in [1.165, 1.54) is 38.5 Å². The van der Waals surface area contributed by atoms with Gasteiger partial charge in [0.25, 0.3) is 0 Å². The summed E-state index contributed by atoms with van der Waals surface area (Å²) in [5.41, 5.74) is 0. The van der Waals surface area contributed by atoms with E-state index in [4.69, 9.17) is 9.84 Å². The van der Waals surface area contributed by atoms with Crippen LogP contribution in [0.5, 0.6) is 0 Å². The van der Waals surface area contributed by atoms with E-state index in [0.29, 0.717) is 6.61 Å². The summed E-state index contributed by atoms with van der Waals surface area (Å²) in [6.07, 6.45) is 9.65. The minimum absolute atomic E-state index is 0.382. The molecular weight excluding hydrogens is 204 g/mol. The number of rotatable bonds is 10. The molecule has 3 heteroatoms. The molecule has 3 nitrogen and oxygen atoms in total. The van der Waals surface area contributed by atoms with Crippen molar-refractivity contribution in [1.29, 1.82) is 0 Å². The third-order valence-electron chi connectivity index (χ3n) is 2.47. The number of esters is 1. The first-order valence-corrected chi connectivity index (χ1v) is 6.23. The standard InChI is InChI=1S/C13H24O3/c1-3-4-5-6-7-8-9-10-11-16-13(15)12(2)14/h14H,2-11H2,1H3. The smallest absolute Gasteiger partial charge is 0.372 e. The van der Waals surface area contributed by atoms with E-state index in [-0.39, 0.29) is 0 Å². The highest BCUT2D eigenvalue weighted by atomic mass is 16.5. The Morgan fingerprint density at radius 3 is 2.06 bits per heavy atom. The molecule has 0 aliphatic heterocycles. The van der Waals surface area contributed by atoms with Crippen molar-refractivity contribution in [2.45, 2.75) is 58.3 Å². The van der Waals surface area contributed by atoms with E-state index in [1.807, 2.05) is 0 Å². The van der Waals surface area contributed by atoms with Gasteiger partial charge in [0.1, 0.15) is 0 Å². The summed E-state index contributed by atoms with van der Waals surface area (Å²) in [5, 5.41) is 8.68. The molecule has 1 N–H and O–H groups in total. The lowest BCUT2D eigenvalue weighted by atomic mass is 10.1. The highest BCUT2D eigenvalue weighted by molar-refractivity contribution is 5.84. The quantitative estimate of drug-likeness (QED) is 0.268. The molecule has 0 aliphatic carbocycles. The summed E-state index contributed by atoms with van der Waals surface area (Å²) < 4.78 is 4.76. The van der Waals surface area contributed by atoms with Crippen molar-refractivity contribution in [2.75, 3.05) is 6.61 Å². The Hall–Kier alpha value is -0.990.